The van der Waals surface area contributed by atoms with Gasteiger partial charge in [-0.15, -0.1) is 0 Å². The van der Waals surface area contributed by atoms with E-state index >= 15 is 0 Å². The molecule has 3 heterocycles. The summed E-state index contributed by atoms with van der Waals surface area (Å²) in [6.45, 7) is 6.20. The van der Waals surface area contributed by atoms with Crippen LogP contribution in [0.1, 0.15) is 23.4 Å². The Balaban J connectivity index is 1.52. The van der Waals surface area contributed by atoms with E-state index in [0.717, 1.165) is 60.0 Å². The van der Waals surface area contributed by atoms with Crippen LogP contribution in [-0.4, -0.2) is 53.3 Å². The second-order valence-corrected chi connectivity index (χ2v) is 7.71. The molecule has 0 saturated carbocycles. The molecular formula is C21H24ClN5O. The molecule has 146 valence electrons. The lowest BCUT2D eigenvalue weighted by molar-refractivity contribution is 0.360. The summed E-state index contributed by atoms with van der Waals surface area (Å²) >= 11 is 6.61. The molecule has 1 aromatic carbocycles. The molecule has 2 aromatic heterocycles. The second kappa shape index (κ2) is 8.29. The first-order valence-corrected chi connectivity index (χ1v) is 9.93. The van der Waals surface area contributed by atoms with Crippen LogP contribution in [0.5, 0.6) is 0 Å². The number of halogens is 1. The van der Waals surface area contributed by atoms with Gasteiger partial charge in [-0.2, -0.15) is 4.98 Å². The topological polar surface area (TPSA) is 58.3 Å². The van der Waals surface area contributed by atoms with Crippen LogP contribution in [0.25, 0.3) is 11.4 Å². The molecule has 1 aliphatic rings. The molecule has 0 atom stereocenters. The Morgan fingerprint density at radius 3 is 2.86 bits per heavy atom. The third-order valence-electron chi connectivity index (χ3n) is 5.22. The molecule has 0 unspecified atom stereocenters. The molecule has 0 radical (unpaired) electrons. The molecule has 0 spiro atoms. The number of aromatic nitrogens is 3. The van der Waals surface area contributed by atoms with Crippen molar-refractivity contribution in [1.29, 1.82) is 0 Å². The van der Waals surface area contributed by atoms with Crippen molar-refractivity contribution >= 4 is 17.3 Å². The maximum absolute atomic E-state index is 6.61. The molecule has 1 fully saturated rings. The number of benzene rings is 1. The quantitative estimate of drug-likeness (QED) is 0.666. The SMILES string of the molecule is Cc1ccncc1Cc1nc(-c2ccc(N3CCCN(C)CC3)c(Cl)c2)no1. The smallest absolute Gasteiger partial charge is 0.231 e. The molecule has 4 rings (SSSR count). The number of likely N-dealkylation sites (N-methyl/N-ethyl adjacent to an activating group) is 1. The number of anilines is 1. The number of nitrogens with zero attached hydrogens (tertiary/aromatic N) is 5. The first-order valence-electron chi connectivity index (χ1n) is 9.55. The molecule has 3 aromatic rings. The highest BCUT2D eigenvalue weighted by Gasteiger charge is 2.17. The molecule has 7 heteroatoms. The van der Waals surface area contributed by atoms with Crippen LogP contribution < -0.4 is 4.90 Å². The summed E-state index contributed by atoms with van der Waals surface area (Å²) in [5.74, 6) is 1.13. The van der Waals surface area contributed by atoms with Gasteiger partial charge in [-0.1, -0.05) is 16.8 Å². The highest BCUT2D eigenvalue weighted by Crippen LogP contribution is 2.31. The zero-order chi connectivity index (χ0) is 19.5. The Morgan fingerprint density at radius 2 is 2.04 bits per heavy atom. The lowest BCUT2D eigenvalue weighted by atomic mass is 10.1. The third kappa shape index (κ3) is 4.18. The van der Waals surface area contributed by atoms with E-state index in [1.54, 1.807) is 6.20 Å². The maximum Gasteiger partial charge on any atom is 0.231 e. The maximum atomic E-state index is 6.61. The largest absolute Gasteiger partial charge is 0.369 e. The fourth-order valence-electron chi connectivity index (χ4n) is 3.48. The minimum Gasteiger partial charge on any atom is -0.369 e. The van der Waals surface area contributed by atoms with E-state index in [9.17, 15) is 0 Å². The highest BCUT2D eigenvalue weighted by molar-refractivity contribution is 6.33. The molecule has 0 amide bonds. The zero-order valence-corrected chi connectivity index (χ0v) is 17.0. The molecule has 6 nitrogen and oxygen atoms in total. The average Bonchev–Trinajstić information content (AvgIpc) is 3.05. The van der Waals surface area contributed by atoms with Crippen molar-refractivity contribution in [3.63, 3.8) is 0 Å². The predicted octanol–water partition coefficient (Wildman–Crippen LogP) is 3.83. The van der Waals surface area contributed by atoms with E-state index < -0.39 is 0 Å². The zero-order valence-electron chi connectivity index (χ0n) is 16.2. The van der Waals surface area contributed by atoms with Crippen molar-refractivity contribution in [3.05, 3.63) is 58.7 Å². The summed E-state index contributed by atoms with van der Waals surface area (Å²) in [6.07, 6.45) is 5.32. The third-order valence-corrected chi connectivity index (χ3v) is 5.53. The highest BCUT2D eigenvalue weighted by atomic mass is 35.5. The van der Waals surface area contributed by atoms with Gasteiger partial charge in [0.25, 0.3) is 0 Å². The van der Waals surface area contributed by atoms with Crippen molar-refractivity contribution in [3.8, 4) is 11.4 Å². The van der Waals surface area contributed by atoms with Crippen molar-refractivity contribution in [1.82, 2.24) is 20.0 Å². The van der Waals surface area contributed by atoms with E-state index in [2.05, 4.69) is 38.0 Å². The van der Waals surface area contributed by atoms with Crippen molar-refractivity contribution in [2.45, 2.75) is 19.8 Å². The minimum absolute atomic E-state index is 0.556. The van der Waals surface area contributed by atoms with Gasteiger partial charge in [0.15, 0.2) is 0 Å². The first kappa shape index (κ1) is 18.9. The van der Waals surface area contributed by atoms with Gasteiger partial charge in [0, 0.05) is 37.6 Å². The summed E-state index contributed by atoms with van der Waals surface area (Å²) in [6, 6.07) is 7.98. The normalized spacial score (nSPS) is 15.6. The Bertz CT molecular complexity index is 957. The number of aryl methyl sites for hydroxylation is 1. The Morgan fingerprint density at radius 1 is 1.14 bits per heavy atom. The number of hydrogen-bond acceptors (Lipinski definition) is 6. The van der Waals surface area contributed by atoms with Crippen molar-refractivity contribution < 1.29 is 4.52 Å². The summed E-state index contributed by atoms with van der Waals surface area (Å²) in [7, 11) is 2.16. The van der Waals surface area contributed by atoms with Crippen LogP contribution in [0.2, 0.25) is 5.02 Å². The standard InChI is InChI=1S/C21H24ClN5O/c1-15-6-7-23-14-17(15)13-20-24-21(25-28-20)16-4-5-19(18(22)12-16)27-9-3-8-26(2)10-11-27/h4-7,12,14H,3,8-11,13H2,1-2H3. The molecule has 1 aliphatic heterocycles. The summed E-state index contributed by atoms with van der Waals surface area (Å²) in [4.78, 5) is 13.4. The van der Waals surface area contributed by atoms with E-state index in [0.29, 0.717) is 18.1 Å². The average molecular weight is 398 g/mol. The van der Waals surface area contributed by atoms with Gasteiger partial charge in [0.2, 0.25) is 11.7 Å². The lowest BCUT2D eigenvalue weighted by Crippen LogP contribution is -2.28. The Hall–Kier alpha value is -2.44. The number of pyridine rings is 1. The van der Waals surface area contributed by atoms with Gasteiger partial charge in [0.1, 0.15) is 0 Å². The Labute approximate surface area is 170 Å². The molecule has 0 aliphatic carbocycles. The summed E-state index contributed by atoms with van der Waals surface area (Å²) in [5.41, 5.74) is 4.16. The van der Waals surface area contributed by atoms with Crippen LogP contribution >= 0.6 is 11.6 Å². The van der Waals surface area contributed by atoms with Crippen LogP contribution in [0.15, 0.2) is 41.2 Å². The van der Waals surface area contributed by atoms with Gasteiger partial charge in [0.05, 0.1) is 17.1 Å². The number of hydrogen-bond donors (Lipinski definition) is 0. The van der Waals surface area contributed by atoms with Crippen molar-refractivity contribution in [2.24, 2.45) is 0 Å². The van der Waals surface area contributed by atoms with Gasteiger partial charge < -0.3 is 14.3 Å². The summed E-state index contributed by atoms with van der Waals surface area (Å²) in [5, 5.41) is 4.85. The molecule has 28 heavy (non-hydrogen) atoms. The van der Waals surface area contributed by atoms with Gasteiger partial charge in [-0.25, -0.2) is 0 Å². The predicted molar refractivity (Wildman–Crippen MR) is 111 cm³/mol. The number of rotatable bonds is 4. The van der Waals surface area contributed by atoms with Crippen LogP contribution in [0.4, 0.5) is 5.69 Å². The fraction of sp³-hybridized carbons (Fsp3) is 0.381. The molecular weight excluding hydrogens is 374 g/mol. The minimum atomic E-state index is 0.556. The van der Waals surface area contributed by atoms with E-state index in [1.165, 1.54) is 0 Å². The van der Waals surface area contributed by atoms with E-state index in [4.69, 9.17) is 16.1 Å². The summed E-state index contributed by atoms with van der Waals surface area (Å²) < 4.78 is 5.44. The van der Waals surface area contributed by atoms with E-state index in [1.807, 2.05) is 31.3 Å². The molecule has 0 bridgehead atoms. The Kier molecular flexibility index (Phi) is 5.59. The molecule has 1 saturated heterocycles. The second-order valence-electron chi connectivity index (χ2n) is 7.30. The van der Waals surface area contributed by atoms with Crippen molar-refractivity contribution in [2.75, 3.05) is 38.1 Å². The molecule has 0 N–H and O–H groups in total. The first-order chi connectivity index (χ1) is 13.6. The van der Waals surface area contributed by atoms with Gasteiger partial charge in [-0.05, 0) is 62.3 Å². The monoisotopic (exact) mass is 397 g/mol. The fourth-order valence-corrected chi connectivity index (χ4v) is 3.78. The van der Waals surface area contributed by atoms with Gasteiger partial charge in [-0.3, -0.25) is 4.98 Å². The van der Waals surface area contributed by atoms with Crippen LogP contribution in [0, 0.1) is 6.92 Å². The van der Waals surface area contributed by atoms with Gasteiger partial charge >= 0.3 is 0 Å². The van der Waals surface area contributed by atoms with E-state index in [-0.39, 0.29) is 0 Å². The van der Waals surface area contributed by atoms with Crippen LogP contribution in [-0.2, 0) is 6.42 Å². The van der Waals surface area contributed by atoms with Crippen LogP contribution in [0.3, 0.4) is 0 Å². The lowest BCUT2D eigenvalue weighted by Gasteiger charge is -2.24.